The Morgan fingerprint density at radius 2 is 1.87 bits per heavy atom. The lowest BCUT2D eigenvalue weighted by Crippen LogP contribution is -2.31. The Bertz CT molecular complexity index is 376. The number of para-hydroxylation sites is 1. The van der Waals surface area contributed by atoms with Gasteiger partial charge in [0.15, 0.2) is 5.38 Å². The molecule has 1 aliphatic rings. The average molecular weight is 264 g/mol. The average Bonchev–Trinajstić information content (AvgIpc) is 2.45. The molecule has 0 bridgehead atoms. The number of nitrogens with zero attached hydrogens (tertiary/aromatic N) is 1. The van der Waals surface area contributed by atoms with Gasteiger partial charge in [0, 0.05) is 0 Å². The zero-order chi connectivity index (χ0) is 11.0. The van der Waals surface area contributed by atoms with Crippen molar-refractivity contribution < 1.29 is 9.35 Å². The van der Waals surface area contributed by atoms with Crippen LogP contribution in [0, 0.1) is 0 Å². The molecule has 15 heavy (non-hydrogen) atoms. The van der Waals surface area contributed by atoms with Gasteiger partial charge in [-0.15, -0.1) is 15.9 Å². The maximum absolute atomic E-state index is 11.7. The van der Waals surface area contributed by atoms with E-state index in [9.17, 15) is 9.35 Å². The van der Waals surface area contributed by atoms with E-state index in [2.05, 4.69) is 0 Å². The molecule has 3 unspecified atom stereocenters. The van der Waals surface area contributed by atoms with E-state index < -0.39 is 27.4 Å². The Kier molecular flexibility index (Phi) is 3.11. The summed E-state index contributed by atoms with van der Waals surface area (Å²) in [6.07, 6.45) is 0. The third-order valence-corrected chi connectivity index (χ3v) is 4.86. The van der Waals surface area contributed by atoms with Crippen LogP contribution in [-0.2, 0) is 16.2 Å². The molecular formula is C9H7Cl2NO2S. The second kappa shape index (κ2) is 4.22. The molecule has 6 heteroatoms. The van der Waals surface area contributed by atoms with E-state index in [0.29, 0.717) is 5.69 Å². The number of amides is 1. The maximum Gasteiger partial charge on any atom is 0.294 e. The molecule has 0 radical (unpaired) electrons. The molecule has 1 heterocycles. The molecule has 1 aromatic rings. The normalized spacial score (nSPS) is 31.0. The number of carbonyl (C=O) groups excluding carboxylic acids is 1. The van der Waals surface area contributed by atoms with Gasteiger partial charge in [0.05, 0.1) is 17.0 Å². The van der Waals surface area contributed by atoms with Gasteiger partial charge in [-0.05, 0) is 12.1 Å². The Balaban J connectivity index is 2.35. The van der Waals surface area contributed by atoms with E-state index in [1.54, 1.807) is 24.3 Å². The molecule has 0 saturated carbocycles. The van der Waals surface area contributed by atoms with Crippen LogP contribution < -0.4 is 4.31 Å². The lowest BCUT2D eigenvalue weighted by Gasteiger charge is -2.16. The maximum atomic E-state index is 11.7. The molecule has 1 aliphatic heterocycles. The summed E-state index contributed by atoms with van der Waals surface area (Å²) in [7, 11) is 0. The molecule has 1 fully saturated rings. The third kappa shape index (κ3) is 1.83. The van der Waals surface area contributed by atoms with Crippen molar-refractivity contribution in [1.29, 1.82) is 0 Å². The van der Waals surface area contributed by atoms with Crippen molar-refractivity contribution in [1.82, 2.24) is 0 Å². The second-order valence-corrected chi connectivity index (χ2v) is 5.62. The van der Waals surface area contributed by atoms with Gasteiger partial charge in [0.1, 0.15) is 0 Å². The molecule has 0 aliphatic carbocycles. The summed E-state index contributed by atoms with van der Waals surface area (Å²) in [6.45, 7) is 0. The minimum absolute atomic E-state index is 0.416. The molecule has 1 saturated heterocycles. The fourth-order valence-electron chi connectivity index (χ4n) is 1.31. The van der Waals surface area contributed by atoms with Gasteiger partial charge in [-0.25, -0.2) is 0 Å². The minimum Gasteiger partial charge on any atom is -0.591 e. The zero-order valence-corrected chi connectivity index (χ0v) is 9.80. The SMILES string of the molecule is O=C1C(Cl)C(Cl)[S+]([O-])N1c1ccccc1. The fourth-order valence-corrected chi connectivity index (χ4v) is 3.22. The van der Waals surface area contributed by atoms with Crippen LogP contribution in [0.5, 0.6) is 0 Å². The second-order valence-electron chi connectivity index (χ2n) is 3.00. The standard InChI is InChI=1S/C9H7Cl2NO2S/c10-7-8(11)15(14)12(9(7)13)6-4-2-1-3-5-6/h1-5,7-8H. The minimum atomic E-state index is -1.60. The predicted molar refractivity (Wildman–Crippen MR) is 61.4 cm³/mol. The van der Waals surface area contributed by atoms with Gasteiger partial charge in [-0.1, -0.05) is 29.8 Å². The lowest BCUT2D eigenvalue weighted by atomic mass is 10.3. The fraction of sp³-hybridized carbons (Fsp3) is 0.222. The highest BCUT2D eigenvalue weighted by Gasteiger charge is 2.51. The molecule has 0 spiro atoms. The van der Waals surface area contributed by atoms with Crippen LogP contribution in [0.4, 0.5) is 5.69 Å². The van der Waals surface area contributed by atoms with Crippen LogP contribution >= 0.6 is 23.2 Å². The van der Waals surface area contributed by atoms with Crippen LogP contribution in [0.2, 0.25) is 0 Å². The Labute approximate surface area is 100 Å². The Hall–Kier alpha value is -0.420. The van der Waals surface area contributed by atoms with Gasteiger partial charge in [0.2, 0.25) is 4.71 Å². The highest BCUT2D eigenvalue weighted by Crippen LogP contribution is 2.34. The van der Waals surface area contributed by atoms with Crippen molar-refractivity contribution in [3.8, 4) is 0 Å². The molecule has 0 N–H and O–H groups in total. The van der Waals surface area contributed by atoms with E-state index in [-0.39, 0.29) is 0 Å². The van der Waals surface area contributed by atoms with Crippen molar-refractivity contribution >= 4 is 46.2 Å². The number of carbonyl (C=O) groups is 1. The summed E-state index contributed by atoms with van der Waals surface area (Å²) in [4.78, 5) is 11.6. The van der Waals surface area contributed by atoms with Crippen LogP contribution in [0.25, 0.3) is 0 Å². The lowest BCUT2D eigenvalue weighted by molar-refractivity contribution is -0.116. The zero-order valence-electron chi connectivity index (χ0n) is 7.47. The summed E-state index contributed by atoms with van der Waals surface area (Å²) in [6, 6.07) is 8.70. The van der Waals surface area contributed by atoms with E-state index in [1.165, 1.54) is 0 Å². The van der Waals surface area contributed by atoms with Crippen molar-refractivity contribution in [3.63, 3.8) is 0 Å². The topological polar surface area (TPSA) is 43.4 Å². The van der Waals surface area contributed by atoms with E-state index in [0.717, 1.165) is 4.31 Å². The monoisotopic (exact) mass is 263 g/mol. The van der Waals surface area contributed by atoms with Gasteiger partial charge in [-0.3, -0.25) is 4.79 Å². The van der Waals surface area contributed by atoms with Gasteiger partial charge in [0.25, 0.3) is 5.91 Å². The van der Waals surface area contributed by atoms with Crippen molar-refractivity contribution in [2.75, 3.05) is 4.31 Å². The first-order valence-corrected chi connectivity index (χ1v) is 6.25. The van der Waals surface area contributed by atoms with Gasteiger partial charge < -0.3 is 4.55 Å². The number of hydrogen-bond donors (Lipinski definition) is 0. The molecular weight excluding hydrogens is 257 g/mol. The molecule has 3 nitrogen and oxygen atoms in total. The van der Waals surface area contributed by atoms with Gasteiger partial charge in [-0.2, -0.15) is 0 Å². The van der Waals surface area contributed by atoms with Crippen LogP contribution in [0.1, 0.15) is 0 Å². The van der Waals surface area contributed by atoms with Crippen LogP contribution in [0.15, 0.2) is 30.3 Å². The van der Waals surface area contributed by atoms with Gasteiger partial charge >= 0.3 is 0 Å². The summed E-state index contributed by atoms with van der Waals surface area (Å²) < 4.78 is 12.0. The quantitative estimate of drug-likeness (QED) is 0.574. The predicted octanol–water partition coefficient (Wildman–Crippen LogP) is 1.87. The molecule has 1 aromatic carbocycles. The highest BCUT2D eigenvalue weighted by atomic mass is 35.5. The molecule has 1 amide bonds. The van der Waals surface area contributed by atoms with E-state index in [4.69, 9.17) is 23.2 Å². The summed E-state index contributed by atoms with van der Waals surface area (Å²) >= 11 is 9.90. The van der Waals surface area contributed by atoms with E-state index >= 15 is 0 Å². The largest absolute Gasteiger partial charge is 0.591 e. The third-order valence-electron chi connectivity index (χ3n) is 2.03. The molecule has 3 atom stereocenters. The smallest absolute Gasteiger partial charge is 0.294 e. The number of alkyl halides is 2. The highest BCUT2D eigenvalue weighted by molar-refractivity contribution is 7.96. The summed E-state index contributed by atoms with van der Waals surface area (Å²) in [5, 5.41) is -0.923. The van der Waals surface area contributed by atoms with Crippen molar-refractivity contribution in [3.05, 3.63) is 30.3 Å². The summed E-state index contributed by atoms with van der Waals surface area (Å²) in [5.41, 5.74) is 0.551. The summed E-state index contributed by atoms with van der Waals surface area (Å²) in [5.74, 6) is -0.416. The number of anilines is 1. The first-order valence-electron chi connectivity index (χ1n) is 4.21. The van der Waals surface area contributed by atoms with E-state index in [1.807, 2.05) is 6.07 Å². The van der Waals surface area contributed by atoms with Crippen molar-refractivity contribution in [2.24, 2.45) is 0 Å². The molecule has 0 aromatic heterocycles. The number of halogens is 2. The Morgan fingerprint density at radius 1 is 1.27 bits per heavy atom. The van der Waals surface area contributed by atoms with Crippen LogP contribution in [-0.4, -0.2) is 20.5 Å². The number of hydrogen-bond acceptors (Lipinski definition) is 2. The molecule has 2 rings (SSSR count). The first-order chi connectivity index (χ1) is 7.13. The number of benzene rings is 1. The first kappa shape index (κ1) is 11.1. The van der Waals surface area contributed by atoms with Crippen LogP contribution in [0.3, 0.4) is 0 Å². The Morgan fingerprint density at radius 3 is 2.33 bits per heavy atom. The number of rotatable bonds is 1. The van der Waals surface area contributed by atoms with Crippen molar-refractivity contribution in [2.45, 2.75) is 10.1 Å². The molecule has 80 valence electrons.